The van der Waals surface area contributed by atoms with Crippen molar-refractivity contribution in [2.75, 3.05) is 7.11 Å². The zero-order valence-corrected chi connectivity index (χ0v) is 17.2. The van der Waals surface area contributed by atoms with Crippen molar-refractivity contribution in [3.05, 3.63) is 75.4 Å². The number of methoxy groups -OCH3 is 1. The molecular formula is C22H22BrNO3. The summed E-state index contributed by atoms with van der Waals surface area (Å²) in [7, 11) is 1.62. The van der Waals surface area contributed by atoms with Crippen LogP contribution in [0.15, 0.2) is 53.1 Å². The quantitative estimate of drug-likeness (QED) is 0.711. The number of ether oxygens (including phenoxy) is 1. The van der Waals surface area contributed by atoms with Crippen molar-refractivity contribution in [1.29, 1.82) is 0 Å². The summed E-state index contributed by atoms with van der Waals surface area (Å²) in [5.74, 6) is 0.721. The van der Waals surface area contributed by atoms with Crippen LogP contribution in [-0.4, -0.2) is 23.7 Å². The van der Waals surface area contributed by atoms with Crippen molar-refractivity contribution in [2.45, 2.75) is 32.7 Å². The third kappa shape index (κ3) is 4.30. The van der Waals surface area contributed by atoms with E-state index in [-0.39, 0.29) is 24.2 Å². The molecule has 3 rings (SSSR count). The van der Waals surface area contributed by atoms with E-state index in [9.17, 15) is 9.59 Å². The lowest BCUT2D eigenvalue weighted by Gasteiger charge is -2.31. The largest absolute Gasteiger partial charge is 0.496 e. The van der Waals surface area contributed by atoms with E-state index < -0.39 is 0 Å². The lowest BCUT2D eigenvalue weighted by atomic mass is 9.95. The highest BCUT2D eigenvalue weighted by Gasteiger charge is 2.29. The summed E-state index contributed by atoms with van der Waals surface area (Å²) < 4.78 is 6.25. The molecule has 1 amide bonds. The van der Waals surface area contributed by atoms with Gasteiger partial charge in [-0.15, -0.1) is 0 Å². The molecule has 0 radical (unpaired) electrons. The van der Waals surface area contributed by atoms with E-state index >= 15 is 0 Å². The number of hydrogen-bond acceptors (Lipinski definition) is 3. The Labute approximate surface area is 168 Å². The van der Waals surface area contributed by atoms with Crippen molar-refractivity contribution in [2.24, 2.45) is 0 Å². The molecule has 1 heterocycles. The van der Waals surface area contributed by atoms with Gasteiger partial charge in [-0.25, -0.2) is 0 Å². The molecule has 0 saturated carbocycles. The van der Waals surface area contributed by atoms with Gasteiger partial charge in [0, 0.05) is 17.1 Å². The molecule has 0 unspecified atom stereocenters. The number of carbonyl (C=O) groups excluding carboxylic acids is 2. The molecule has 2 aromatic carbocycles. The van der Waals surface area contributed by atoms with Gasteiger partial charge in [0.1, 0.15) is 5.75 Å². The average Bonchev–Trinajstić information content (AvgIpc) is 2.64. The Bertz CT molecular complexity index is 903. The Balaban J connectivity index is 1.88. The first kappa shape index (κ1) is 19.4. The second-order valence-corrected chi connectivity index (χ2v) is 7.66. The van der Waals surface area contributed by atoms with Gasteiger partial charge in [-0.05, 0) is 48.7 Å². The van der Waals surface area contributed by atoms with Gasteiger partial charge in [0.2, 0.25) is 5.91 Å². The van der Waals surface area contributed by atoms with E-state index in [0.29, 0.717) is 6.42 Å². The van der Waals surface area contributed by atoms with Crippen molar-refractivity contribution in [3.63, 3.8) is 0 Å². The Morgan fingerprint density at radius 3 is 2.59 bits per heavy atom. The maximum atomic E-state index is 13.1. The van der Waals surface area contributed by atoms with E-state index in [0.717, 1.165) is 32.5 Å². The van der Waals surface area contributed by atoms with Crippen LogP contribution in [0.4, 0.5) is 0 Å². The summed E-state index contributed by atoms with van der Waals surface area (Å²) >= 11 is 3.54. The molecule has 0 saturated heterocycles. The molecule has 0 fully saturated rings. The van der Waals surface area contributed by atoms with Crippen molar-refractivity contribution in [3.8, 4) is 5.75 Å². The molecule has 0 N–H and O–H groups in total. The SMILES string of the molecule is COc1cc(CC(=O)N2C=CC(=O)C[C@H]2c2ccc(C)cc2)c(Br)cc1C. The molecule has 0 spiro atoms. The summed E-state index contributed by atoms with van der Waals surface area (Å²) in [6.45, 7) is 3.97. The maximum absolute atomic E-state index is 13.1. The zero-order chi connectivity index (χ0) is 19.6. The first-order valence-electron chi connectivity index (χ1n) is 8.81. The lowest BCUT2D eigenvalue weighted by Crippen LogP contribution is -2.35. The second kappa shape index (κ2) is 8.09. The van der Waals surface area contributed by atoms with Crippen molar-refractivity contribution in [1.82, 2.24) is 4.90 Å². The minimum Gasteiger partial charge on any atom is -0.496 e. The number of halogens is 1. The van der Waals surface area contributed by atoms with E-state index in [1.54, 1.807) is 18.2 Å². The molecular weight excluding hydrogens is 406 g/mol. The molecule has 0 bridgehead atoms. The van der Waals surface area contributed by atoms with Gasteiger partial charge in [0.25, 0.3) is 0 Å². The predicted molar refractivity (Wildman–Crippen MR) is 109 cm³/mol. The summed E-state index contributed by atoms with van der Waals surface area (Å²) in [6.07, 6.45) is 3.60. The van der Waals surface area contributed by atoms with E-state index in [1.807, 2.05) is 50.2 Å². The summed E-state index contributed by atoms with van der Waals surface area (Å²) in [5, 5.41) is 0. The van der Waals surface area contributed by atoms with Crippen molar-refractivity contribution < 1.29 is 14.3 Å². The number of hydrogen-bond donors (Lipinski definition) is 0. The van der Waals surface area contributed by atoms with E-state index in [4.69, 9.17) is 4.74 Å². The van der Waals surface area contributed by atoms with Crippen LogP contribution in [0.3, 0.4) is 0 Å². The van der Waals surface area contributed by atoms with Gasteiger partial charge in [-0.3, -0.25) is 9.59 Å². The zero-order valence-electron chi connectivity index (χ0n) is 15.7. The van der Waals surface area contributed by atoms with Crippen LogP contribution < -0.4 is 4.74 Å². The highest BCUT2D eigenvalue weighted by atomic mass is 79.9. The molecule has 4 nitrogen and oxygen atoms in total. The van der Waals surface area contributed by atoms with Crippen LogP contribution in [0.5, 0.6) is 5.75 Å². The summed E-state index contributed by atoms with van der Waals surface area (Å²) in [5.41, 5.74) is 3.97. The molecule has 27 heavy (non-hydrogen) atoms. The third-order valence-electron chi connectivity index (χ3n) is 4.81. The van der Waals surface area contributed by atoms with Crippen molar-refractivity contribution >= 4 is 27.6 Å². The first-order chi connectivity index (χ1) is 12.9. The molecule has 140 valence electrons. The number of carbonyl (C=O) groups is 2. The average molecular weight is 428 g/mol. The first-order valence-corrected chi connectivity index (χ1v) is 9.60. The Kier molecular flexibility index (Phi) is 5.80. The number of rotatable bonds is 4. The smallest absolute Gasteiger partial charge is 0.231 e. The van der Waals surface area contributed by atoms with Gasteiger partial charge in [0.05, 0.1) is 19.6 Å². The molecule has 1 atom stereocenters. The van der Waals surface area contributed by atoms with Crippen LogP contribution in [0, 0.1) is 13.8 Å². The molecule has 1 aliphatic heterocycles. The molecule has 0 aromatic heterocycles. The maximum Gasteiger partial charge on any atom is 0.231 e. The predicted octanol–water partition coefficient (Wildman–Crippen LogP) is 4.67. The monoisotopic (exact) mass is 427 g/mol. The lowest BCUT2D eigenvalue weighted by molar-refractivity contribution is -0.131. The number of ketones is 1. The molecule has 1 aliphatic rings. The Morgan fingerprint density at radius 2 is 1.93 bits per heavy atom. The topological polar surface area (TPSA) is 46.6 Å². The minimum absolute atomic E-state index is 0.0304. The van der Waals surface area contributed by atoms with E-state index in [2.05, 4.69) is 15.9 Å². The van der Waals surface area contributed by atoms with Gasteiger partial charge < -0.3 is 9.64 Å². The Morgan fingerprint density at radius 1 is 1.22 bits per heavy atom. The summed E-state index contributed by atoms with van der Waals surface area (Å²) in [6, 6.07) is 11.5. The highest BCUT2D eigenvalue weighted by Crippen LogP contribution is 2.31. The van der Waals surface area contributed by atoms with Gasteiger partial charge >= 0.3 is 0 Å². The fourth-order valence-electron chi connectivity index (χ4n) is 3.25. The van der Waals surface area contributed by atoms with Crippen LogP contribution in [0.1, 0.15) is 34.7 Å². The number of benzene rings is 2. The standard InChI is InChI=1S/C22H22BrNO3/c1-14-4-6-16(7-5-14)20-13-18(25)8-9-24(20)22(26)12-17-11-21(27-3)15(2)10-19(17)23/h4-11,20H,12-13H2,1-3H3/t20-/m0/s1. The van der Waals surface area contributed by atoms with E-state index in [1.165, 1.54) is 6.08 Å². The van der Waals surface area contributed by atoms with Crippen LogP contribution in [0.25, 0.3) is 0 Å². The summed E-state index contributed by atoms with van der Waals surface area (Å²) in [4.78, 5) is 26.7. The van der Waals surface area contributed by atoms with Gasteiger partial charge in [-0.1, -0.05) is 45.8 Å². The number of amides is 1. The highest BCUT2D eigenvalue weighted by molar-refractivity contribution is 9.10. The van der Waals surface area contributed by atoms with Crippen LogP contribution in [-0.2, 0) is 16.0 Å². The van der Waals surface area contributed by atoms with Crippen LogP contribution >= 0.6 is 15.9 Å². The number of aryl methyl sites for hydroxylation is 2. The van der Waals surface area contributed by atoms with Gasteiger partial charge in [0.15, 0.2) is 5.78 Å². The molecule has 5 heteroatoms. The third-order valence-corrected chi connectivity index (χ3v) is 5.55. The number of allylic oxidation sites excluding steroid dienone is 1. The molecule has 2 aromatic rings. The van der Waals surface area contributed by atoms with Gasteiger partial charge in [-0.2, -0.15) is 0 Å². The van der Waals surface area contributed by atoms with Crippen LogP contribution in [0.2, 0.25) is 0 Å². The normalized spacial score (nSPS) is 16.5. The fourth-order valence-corrected chi connectivity index (χ4v) is 3.85. The Hall–Kier alpha value is -2.40. The molecule has 0 aliphatic carbocycles. The minimum atomic E-state index is -0.276. The fraction of sp³-hybridized carbons (Fsp3) is 0.273. The number of nitrogens with zero attached hydrogens (tertiary/aromatic N) is 1. The second-order valence-electron chi connectivity index (χ2n) is 6.80.